The number of hydrogen-bond acceptors (Lipinski definition) is 8. The number of nitrogens with two attached hydrogens (primary N) is 2. The highest BCUT2D eigenvalue weighted by Crippen LogP contribution is 2.33. The van der Waals surface area contributed by atoms with Crippen LogP contribution in [0, 0.1) is 0 Å². The largest absolute Gasteiger partial charge is 0.443 e. The molecule has 2 saturated carbocycles. The van der Waals surface area contributed by atoms with Gasteiger partial charge in [0, 0.05) is 45.7 Å². The van der Waals surface area contributed by atoms with E-state index in [-0.39, 0.29) is 52.8 Å². The fourth-order valence-electron chi connectivity index (χ4n) is 5.31. The van der Waals surface area contributed by atoms with Crippen LogP contribution in [0.4, 0.5) is 10.5 Å². The van der Waals surface area contributed by atoms with Gasteiger partial charge in [-0.15, -0.1) is 0 Å². The van der Waals surface area contributed by atoms with Gasteiger partial charge in [-0.1, -0.05) is 0 Å². The smallest absolute Gasteiger partial charge is 0.418 e. The van der Waals surface area contributed by atoms with Crippen LogP contribution in [0.1, 0.15) is 65.3 Å². The van der Waals surface area contributed by atoms with E-state index in [4.69, 9.17) is 19.9 Å². The number of nitrogens with zero attached hydrogens (tertiary/aromatic N) is 4. The molecule has 1 aromatic heterocycles. The number of carbonyl (C=O) groups excluding carboxylic acids is 2. The lowest BCUT2D eigenvalue weighted by Crippen LogP contribution is -2.90. The second-order valence-corrected chi connectivity index (χ2v) is 12.1. The Morgan fingerprint density at radius 1 is 1.19 bits per heavy atom. The molecule has 0 radical (unpaired) electrons. The normalized spacial score (nSPS) is 25.3. The molecule has 13 heteroatoms. The predicted octanol–water partition coefficient (Wildman–Crippen LogP) is 1.83. The van der Waals surface area contributed by atoms with Crippen LogP contribution in [0.25, 0.3) is 0 Å². The summed E-state index contributed by atoms with van der Waals surface area (Å²) in [5.41, 5.74) is 5.26. The van der Waals surface area contributed by atoms with Gasteiger partial charge in [-0.2, -0.15) is 4.99 Å². The Kier molecular flexibility index (Phi) is 10.2. The van der Waals surface area contributed by atoms with Crippen LogP contribution in [0.2, 0.25) is 0 Å². The van der Waals surface area contributed by atoms with Gasteiger partial charge >= 0.3 is 6.09 Å². The number of methoxy groups -OCH3 is 2. The number of carbonyl (C=O) groups is 2. The molecule has 234 valence electrons. The van der Waals surface area contributed by atoms with Crippen molar-refractivity contribution in [1.29, 1.82) is 0 Å². The summed E-state index contributed by atoms with van der Waals surface area (Å²) in [5, 5.41) is 4.62. The summed E-state index contributed by atoms with van der Waals surface area (Å²) >= 11 is 0. The Balaban J connectivity index is 1.66. The first-order chi connectivity index (χ1) is 20.4. The number of amides is 2. The zero-order valence-electron chi connectivity index (χ0n) is 25.8. The average Bonchev–Trinajstić information content (AvgIpc) is 2.93. The highest BCUT2D eigenvalue weighted by molar-refractivity contribution is 6.21. The monoisotopic (exact) mass is 598 g/mol. The maximum absolute atomic E-state index is 13.4. The molecule has 0 spiro atoms. The third-order valence-electron chi connectivity index (χ3n) is 7.82. The molecular formula is C30H44N7O6+. The molecule has 2 atom stereocenters. The third kappa shape index (κ3) is 7.98. The highest BCUT2D eigenvalue weighted by atomic mass is 16.6. The predicted molar refractivity (Wildman–Crippen MR) is 162 cm³/mol. The molecule has 5 N–H and O–H groups in total. The quantitative estimate of drug-likeness (QED) is 0.384. The number of amidine groups is 2. The standard InChI is InChI=1S/C30H43N7O6/c1-30(2,3)43-29(40)36(4)25-16-24(33-23-11-8-12-37(28(23)39)19-14-21(15-19)42-6)34-26(35-25)22(17-31)27(38)32-18-9-7-10-20(13-18)41-5/h8,11-12,16-21H,7,9-10,13-15,31H2,1-6H3,(H,32,38)(H,33,34,35)/p+1/b22-17+/t18?,19?,20-,21?/m1/s1. The van der Waals surface area contributed by atoms with Gasteiger partial charge in [0.05, 0.1) is 18.3 Å². The van der Waals surface area contributed by atoms with Crippen LogP contribution in [-0.4, -0.2) is 78.3 Å². The Hall–Kier alpha value is -3.81. The van der Waals surface area contributed by atoms with E-state index in [1.165, 1.54) is 11.1 Å². The van der Waals surface area contributed by atoms with Crippen molar-refractivity contribution in [3.8, 4) is 0 Å². The number of quaternary nitrogens is 1. The summed E-state index contributed by atoms with van der Waals surface area (Å²) in [6, 6.07) is 3.31. The van der Waals surface area contributed by atoms with Crippen molar-refractivity contribution in [2.45, 2.75) is 89.2 Å². The molecule has 1 aromatic rings. The van der Waals surface area contributed by atoms with E-state index >= 15 is 0 Å². The topological polar surface area (TPSA) is 166 Å². The first-order valence-corrected chi connectivity index (χ1v) is 14.6. The maximum atomic E-state index is 13.4. The van der Waals surface area contributed by atoms with Crippen molar-refractivity contribution in [1.82, 2.24) is 14.8 Å². The number of aromatic nitrogens is 1. The molecule has 0 aromatic carbocycles. The van der Waals surface area contributed by atoms with Gasteiger partial charge in [0.2, 0.25) is 11.7 Å². The minimum absolute atomic E-state index is 0.0220. The molecule has 2 fully saturated rings. The molecule has 13 nitrogen and oxygen atoms in total. The fraction of sp³-hybridized carbons (Fsp3) is 0.567. The molecule has 4 rings (SSSR count). The summed E-state index contributed by atoms with van der Waals surface area (Å²) in [5.74, 6) is 0.286. The second kappa shape index (κ2) is 13.7. The van der Waals surface area contributed by atoms with Gasteiger partial charge in [0.1, 0.15) is 16.9 Å². The van der Waals surface area contributed by atoms with Crippen LogP contribution in [0.5, 0.6) is 0 Å². The SMILES string of the molecule is COC1CC(n2cccc(N=C3C=C(N(C)C(=O)OC(C)(C)C)[NH2+]C(/C(=C\N)C(=O)NC4CCC[C@@H](OC)C4)=N3)c2=O)C1. The summed E-state index contributed by atoms with van der Waals surface area (Å²) in [4.78, 5) is 50.2. The summed E-state index contributed by atoms with van der Waals surface area (Å²) in [7, 11) is 4.88. The number of ether oxygens (including phenoxy) is 3. The van der Waals surface area contributed by atoms with Gasteiger partial charge in [-0.05, 0) is 71.4 Å². The zero-order valence-corrected chi connectivity index (χ0v) is 25.8. The molecule has 0 saturated heterocycles. The molecule has 1 unspecified atom stereocenters. The molecule has 3 aliphatic rings. The first-order valence-electron chi connectivity index (χ1n) is 14.6. The van der Waals surface area contributed by atoms with Crippen molar-refractivity contribution in [3.63, 3.8) is 0 Å². The number of hydrogen-bond donors (Lipinski definition) is 3. The lowest BCUT2D eigenvalue weighted by Gasteiger charge is -2.35. The molecule has 2 heterocycles. The van der Waals surface area contributed by atoms with Crippen LogP contribution in [-0.2, 0) is 19.0 Å². The van der Waals surface area contributed by atoms with E-state index in [9.17, 15) is 14.4 Å². The third-order valence-corrected chi connectivity index (χ3v) is 7.82. The van der Waals surface area contributed by atoms with Gasteiger partial charge in [0.25, 0.3) is 11.5 Å². The van der Waals surface area contributed by atoms with Gasteiger partial charge in [-0.3, -0.25) is 9.59 Å². The maximum Gasteiger partial charge on any atom is 0.418 e. The van der Waals surface area contributed by atoms with Crippen molar-refractivity contribution >= 4 is 29.4 Å². The molecular weight excluding hydrogens is 554 g/mol. The zero-order chi connectivity index (χ0) is 31.3. The van der Waals surface area contributed by atoms with E-state index < -0.39 is 17.6 Å². The van der Waals surface area contributed by atoms with E-state index in [1.807, 2.05) is 0 Å². The lowest BCUT2D eigenvalue weighted by atomic mass is 9.89. The minimum atomic E-state index is -0.727. The number of aliphatic imine (C=N–C) groups is 2. The summed E-state index contributed by atoms with van der Waals surface area (Å²) in [6.07, 6.45) is 8.97. The van der Waals surface area contributed by atoms with Crippen molar-refractivity contribution in [3.05, 3.63) is 52.4 Å². The molecule has 0 bridgehead atoms. The number of nitrogens with one attached hydrogen (secondary N) is 1. The van der Waals surface area contributed by atoms with Gasteiger partial charge < -0.3 is 29.8 Å². The Morgan fingerprint density at radius 3 is 2.56 bits per heavy atom. The van der Waals surface area contributed by atoms with Crippen molar-refractivity contribution < 1.29 is 29.1 Å². The summed E-state index contributed by atoms with van der Waals surface area (Å²) < 4.78 is 18.1. The first kappa shape index (κ1) is 32.1. The Labute approximate surface area is 251 Å². The molecule has 1 aliphatic heterocycles. The van der Waals surface area contributed by atoms with Crippen LogP contribution in [0.3, 0.4) is 0 Å². The molecule has 43 heavy (non-hydrogen) atoms. The molecule has 2 aliphatic carbocycles. The Bertz CT molecular complexity index is 1380. The number of rotatable bonds is 8. The average molecular weight is 599 g/mol. The second-order valence-electron chi connectivity index (χ2n) is 12.1. The van der Waals surface area contributed by atoms with Crippen molar-refractivity contribution in [2.75, 3.05) is 21.3 Å². The van der Waals surface area contributed by atoms with E-state index in [0.29, 0.717) is 12.2 Å². The lowest BCUT2D eigenvalue weighted by molar-refractivity contribution is -0.500. The van der Waals surface area contributed by atoms with Crippen LogP contribution in [0.15, 0.2) is 56.8 Å². The van der Waals surface area contributed by atoms with E-state index in [2.05, 4.69) is 15.3 Å². The van der Waals surface area contributed by atoms with Crippen LogP contribution >= 0.6 is 0 Å². The van der Waals surface area contributed by atoms with E-state index in [0.717, 1.165) is 32.1 Å². The summed E-state index contributed by atoms with van der Waals surface area (Å²) in [6.45, 7) is 5.32. The van der Waals surface area contributed by atoms with Gasteiger partial charge in [-0.25, -0.2) is 20.0 Å². The minimum Gasteiger partial charge on any atom is -0.443 e. The fourth-order valence-corrected chi connectivity index (χ4v) is 5.31. The van der Waals surface area contributed by atoms with E-state index in [1.54, 1.807) is 76.3 Å². The van der Waals surface area contributed by atoms with Crippen LogP contribution < -0.4 is 21.9 Å². The number of pyridine rings is 1. The highest BCUT2D eigenvalue weighted by Gasteiger charge is 2.34. The van der Waals surface area contributed by atoms with Gasteiger partial charge in [0.15, 0.2) is 5.84 Å². The Morgan fingerprint density at radius 2 is 1.91 bits per heavy atom. The van der Waals surface area contributed by atoms with Crippen molar-refractivity contribution in [2.24, 2.45) is 15.7 Å². The molecule has 2 amide bonds.